The first-order chi connectivity index (χ1) is 12.1. The van der Waals surface area contributed by atoms with Gasteiger partial charge in [-0.15, -0.1) is 0 Å². The highest BCUT2D eigenvalue weighted by Gasteiger charge is 2.20. The number of carbonyl (C=O) groups excluding carboxylic acids is 2. The molecular formula is C17H17ClN4O2S. The third-order valence-corrected chi connectivity index (χ3v) is 4.69. The topological polar surface area (TPSA) is 75.2 Å². The fraction of sp³-hybridized carbons (Fsp3) is 0.294. The number of carbonyl (C=O) groups is 2. The minimum atomic E-state index is -0.392. The van der Waals surface area contributed by atoms with E-state index in [-0.39, 0.29) is 16.6 Å². The Morgan fingerprint density at radius 2 is 2.28 bits per heavy atom. The number of nitrogens with zero attached hydrogens (tertiary/aromatic N) is 3. The van der Waals surface area contributed by atoms with Gasteiger partial charge in [-0.2, -0.15) is 0 Å². The lowest BCUT2D eigenvalue weighted by molar-refractivity contribution is -0.128. The number of thioether (sulfide) groups is 1. The molecule has 1 saturated heterocycles. The maximum absolute atomic E-state index is 12.5. The van der Waals surface area contributed by atoms with Gasteiger partial charge >= 0.3 is 0 Å². The molecule has 25 heavy (non-hydrogen) atoms. The van der Waals surface area contributed by atoms with Gasteiger partial charge in [0.15, 0.2) is 10.9 Å². The number of hydrogen-bond donors (Lipinski definition) is 1. The standard InChI is InChI=1S/C17H17ClN4O2S/c1-25-17-19-9-13(18)15(21-17)16(24)20-12-5-2-4-11(8-12)10-22-7-3-6-14(22)23/h2,4-5,8-9H,3,6-7,10H2,1H3,(H,20,24). The van der Waals surface area contributed by atoms with E-state index < -0.39 is 5.91 Å². The molecule has 0 atom stereocenters. The monoisotopic (exact) mass is 376 g/mol. The molecule has 1 N–H and O–H groups in total. The summed E-state index contributed by atoms with van der Waals surface area (Å²) in [5.41, 5.74) is 1.74. The molecule has 8 heteroatoms. The maximum atomic E-state index is 12.5. The lowest BCUT2D eigenvalue weighted by Gasteiger charge is -2.16. The zero-order valence-electron chi connectivity index (χ0n) is 13.7. The summed E-state index contributed by atoms with van der Waals surface area (Å²) in [6, 6.07) is 7.43. The molecule has 2 aromatic rings. The molecule has 1 aliphatic rings. The molecular weight excluding hydrogens is 360 g/mol. The highest BCUT2D eigenvalue weighted by molar-refractivity contribution is 7.98. The summed E-state index contributed by atoms with van der Waals surface area (Å²) in [6.07, 6.45) is 4.76. The molecule has 1 fully saturated rings. The molecule has 0 bridgehead atoms. The Labute approximate surface area is 155 Å². The molecule has 2 heterocycles. The molecule has 1 aromatic heterocycles. The van der Waals surface area contributed by atoms with E-state index in [2.05, 4.69) is 15.3 Å². The molecule has 2 amide bonds. The molecule has 6 nitrogen and oxygen atoms in total. The first-order valence-corrected chi connectivity index (χ1v) is 9.41. The summed E-state index contributed by atoms with van der Waals surface area (Å²) in [5.74, 6) is -0.219. The van der Waals surface area contributed by atoms with Crippen LogP contribution >= 0.6 is 23.4 Å². The third-order valence-electron chi connectivity index (χ3n) is 3.85. The number of halogens is 1. The number of hydrogen-bond acceptors (Lipinski definition) is 5. The molecule has 0 unspecified atom stereocenters. The summed E-state index contributed by atoms with van der Waals surface area (Å²) in [6.45, 7) is 1.33. The predicted octanol–water partition coefficient (Wildman–Crippen LogP) is 3.23. The average Bonchev–Trinajstić information content (AvgIpc) is 3.00. The Hall–Kier alpha value is -2.12. The molecule has 130 valence electrons. The van der Waals surface area contributed by atoms with Crippen LogP contribution in [0.15, 0.2) is 35.6 Å². The van der Waals surface area contributed by atoms with Crippen molar-refractivity contribution < 1.29 is 9.59 Å². The van der Waals surface area contributed by atoms with Crippen molar-refractivity contribution in [2.75, 3.05) is 18.1 Å². The summed E-state index contributed by atoms with van der Waals surface area (Å²) < 4.78 is 0. The van der Waals surface area contributed by atoms with Gasteiger partial charge < -0.3 is 10.2 Å². The summed E-state index contributed by atoms with van der Waals surface area (Å²) in [7, 11) is 0. The smallest absolute Gasteiger partial charge is 0.275 e. The number of rotatable bonds is 5. The van der Waals surface area contributed by atoms with Gasteiger partial charge in [0.25, 0.3) is 5.91 Å². The largest absolute Gasteiger partial charge is 0.338 e. The Balaban J connectivity index is 1.73. The van der Waals surface area contributed by atoms with Crippen molar-refractivity contribution in [2.45, 2.75) is 24.5 Å². The van der Waals surface area contributed by atoms with E-state index in [1.165, 1.54) is 18.0 Å². The summed E-state index contributed by atoms with van der Waals surface area (Å²) >= 11 is 7.37. The van der Waals surface area contributed by atoms with Crippen LogP contribution in [0, 0.1) is 0 Å². The van der Waals surface area contributed by atoms with Crippen molar-refractivity contribution in [3.05, 3.63) is 46.7 Å². The van der Waals surface area contributed by atoms with E-state index in [1.807, 2.05) is 29.4 Å². The van der Waals surface area contributed by atoms with Crippen molar-refractivity contribution in [2.24, 2.45) is 0 Å². The SMILES string of the molecule is CSc1ncc(Cl)c(C(=O)Nc2cccc(CN3CCCC3=O)c2)n1. The van der Waals surface area contributed by atoms with E-state index >= 15 is 0 Å². The molecule has 0 spiro atoms. The van der Waals surface area contributed by atoms with Gasteiger partial charge in [-0.25, -0.2) is 9.97 Å². The number of nitrogens with one attached hydrogen (secondary N) is 1. The Kier molecular flexibility index (Phi) is 5.55. The van der Waals surface area contributed by atoms with Crippen LogP contribution in [-0.4, -0.2) is 39.5 Å². The van der Waals surface area contributed by atoms with E-state index in [4.69, 9.17) is 11.6 Å². The molecule has 3 rings (SSSR count). The number of anilines is 1. The van der Waals surface area contributed by atoms with Gasteiger partial charge in [0, 0.05) is 25.2 Å². The van der Waals surface area contributed by atoms with E-state index in [1.54, 1.807) is 6.07 Å². The zero-order chi connectivity index (χ0) is 17.8. The van der Waals surface area contributed by atoms with Gasteiger partial charge in [-0.3, -0.25) is 9.59 Å². The zero-order valence-corrected chi connectivity index (χ0v) is 15.2. The minimum Gasteiger partial charge on any atom is -0.338 e. The van der Waals surface area contributed by atoms with Crippen molar-refractivity contribution in [3.8, 4) is 0 Å². The molecule has 0 aliphatic carbocycles. The molecule has 1 aliphatic heterocycles. The van der Waals surface area contributed by atoms with Crippen LogP contribution in [0.25, 0.3) is 0 Å². The van der Waals surface area contributed by atoms with Gasteiger partial charge in [-0.05, 0) is 30.4 Å². The number of likely N-dealkylation sites (tertiary alicyclic amines) is 1. The Morgan fingerprint density at radius 1 is 1.44 bits per heavy atom. The van der Waals surface area contributed by atoms with Crippen molar-refractivity contribution in [3.63, 3.8) is 0 Å². The van der Waals surface area contributed by atoms with Crippen LogP contribution in [0.3, 0.4) is 0 Å². The second kappa shape index (κ2) is 7.84. The van der Waals surface area contributed by atoms with E-state index in [0.29, 0.717) is 23.8 Å². The highest BCUT2D eigenvalue weighted by Crippen LogP contribution is 2.20. The van der Waals surface area contributed by atoms with E-state index in [0.717, 1.165) is 18.5 Å². The van der Waals surface area contributed by atoms with Crippen LogP contribution in [-0.2, 0) is 11.3 Å². The predicted molar refractivity (Wildman–Crippen MR) is 97.9 cm³/mol. The van der Waals surface area contributed by atoms with Crippen LogP contribution < -0.4 is 5.32 Å². The normalized spacial score (nSPS) is 14.0. The number of benzene rings is 1. The van der Waals surface area contributed by atoms with Crippen LogP contribution in [0.1, 0.15) is 28.9 Å². The van der Waals surface area contributed by atoms with Crippen molar-refractivity contribution >= 4 is 40.9 Å². The van der Waals surface area contributed by atoms with Crippen molar-refractivity contribution in [1.82, 2.24) is 14.9 Å². The number of aromatic nitrogens is 2. The lowest BCUT2D eigenvalue weighted by Crippen LogP contribution is -2.23. The first kappa shape index (κ1) is 17.7. The first-order valence-electron chi connectivity index (χ1n) is 7.81. The molecule has 0 radical (unpaired) electrons. The maximum Gasteiger partial charge on any atom is 0.275 e. The second-order valence-electron chi connectivity index (χ2n) is 5.63. The van der Waals surface area contributed by atoms with Crippen LogP contribution in [0.2, 0.25) is 5.02 Å². The van der Waals surface area contributed by atoms with Gasteiger partial charge in [0.2, 0.25) is 5.91 Å². The minimum absolute atomic E-state index is 0.140. The quantitative estimate of drug-likeness (QED) is 0.640. The Bertz CT molecular complexity index is 815. The number of amides is 2. The fourth-order valence-corrected chi connectivity index (χ4v) is 3.16. The lowest BCUT2D eigenvalue weighted by atomic mass is 10.2. The van der Waals surface area contributed by atoms with Gasteiger partial charge in [0.1, 0.15) is 0 Å². The van der Waals surface area contributed by atoms with Crippen LogP contribution in [0.5, 0.6) is 0 Å². The fourth-order valence-electron chi connectivity index (χ4n) is 2.64. The third kappa shape index (κ3) is 4.29. The van der Waals surface area contributed by atoms with Gasteiger partial charge in [-0.1, -0.05) is 35.5 Å². The molecule has 0 saturated carbocycles. The summed E-state index contributed by atoms with van der Waals surface area (Å²) in [4.78, 5) is 34.2. The van der Waals surface area contributed by atoms with Crippen molar-refractivity contribution in [1.29, 1.82) is 0 Å². The van der Waals surface area contributed by atoms with Crippen LogP contribution in [0.4, 0.5) is 5.69 Å². The highest BCUT2D eigenvalue weighted by atomic mass is 35.5. The van der Waals surface area contributed by atoms with E-state index in [9.17, 15) is 9.59 Å². The second-order valence-corrected chi connectivity index (χ2v) is 6.81. The Morgan fingerprint density at radius 3 is 3.00 bits per heavy atom. The average molecular weight is 377 g/mol. The summed E-state index contributed by atoms with van der Waals surface area (Å²) in [5, 5.41) is 3.49. The molecule has 1 aromatic carbocycles. The van der Waals surface area contributed by atoms with Gasteiger partial charge in [0.05, 0.1) is 11.2 Å².